The zero-order valence-electron chi connectivity index (χ0n) is 11.1. The van der Waals surface area contributed by atoms with Crippen LogP contribution >= 0.6 is 22.9 Å². The molecular weight excluding hydrogens is 296 g/mol. The Morgan fingerprint density at radius 1 is 1.40 bits per heavy atom. The molecule has 2 heterocycles. The summed E-state index contributed by atoms with van der Waals surface area (Å²) in [5.41, 5.74) is 1.26. The average molecular weight is 311 g/mol. The monoisotopic (exact) mass is 310 g/mol. The van der Waals surface area contributed by atoms with Gasteiger partial charge in [0.05, 0.1) is 6.61 Å². The summed E-state index contributed by atoms with van der Waals surface area (Å²) in [6.45, 7) is 3.19. The molecule has 1 fully saturated rings. The topological polar surface area (TPSA) is 51.1 Å². The molecule has 20 heavy (non-hydrogen) atoms. The first-order valence-electron chi connectivity index (χ1n) is 6.58. The molecule has 7 heteroatoms. The van der Waals surface area contributed by atoms with E-state index in [2.05, 4.69) is 36.7 Å². The number of halogens is 1. The molecule has 0 aromatic carbocycles. The third-order valence-electron chi connectivity index (χ3n) is 3.03. The van der Waals surface area contributed by atoms with Crippen molar-refractivity contribution in [3.8, 4) is 6.01 Å². The van der Waals surface area contributed by atoms with Crippen LogP contribution in [0.1, 0.15) is 25.3 Å². The van der Waals surface area contributed by atoms with Gasteiger partial charge in [-0.25, -0.2) is 0 Å². The third-order valence-corrected chi connectivity index (χ3v) is 3.93. The molecule has 0 atom stereocenters. The van der Waals surface area contributed by atoms with Crippen LogP contribution in [-0.4, -0.2) is 27.6 Å². The summed E-state index contributed by atoms with van der Waals surface area (Å²) in [5.74, 6) is 0.599. The number of thiophene rings is 1. The van der Waals surface area contributed by atoms with E-state index in [0.29, 0.717) is 24.6 Å². The van der Waals surface area contributed by atoms with E-state index in [4.69, 9.17) is 16.3 Å². The van der Waals surface area contributed by atoms with Crippen molar-refractivity contribution >= 4 is 28.9 Å². The molecule has 1 saturated carbocycles. The van der Waals surface area contributed by atoms with Crippen LogP contribution in [0.4, 0.5) is 5.95 Å². The predicted octanol–water partition coefficient (Wildman–Crippen LogP) is 3.15. The Balaban J connectivity index is 1.86. The second-order valence-corrected chi connectivity index (χ2v) is 5.73. The highest BCUT2D eigenvalue weighted by Gasteiger charge is 2.31. The van der Waals surface area contributed by atoms with Crippen molar-refractivity contribution in [2.24, 2.45) is 0 Å². The molecule has 0 saturated heterocycles. The molecule has 0 spiro atoms. The molecule has 0 N–H and O–H groups in total. The Labute approximate surface area is 126 Å². The lowest BCUT2D eigenvalue weighted by Gasteiger charge is -2.22. The van der Waals surface area contributed by atoms with Crippen molar-refractivity contribution in [2.75, 3.05) is 11.5 Å². The van der Waals surface area contributed by atoms with Gasteiger partial charge in [0, 0.05) is 12.6 Å². The summed E-state index contributed by atoms with van der Waals surface area (Å²) < 4.78 is 5.34. The summed E-state index contributed by atoms with van der Waals surface area (Å²) in [7, 11) is 0. The lowest BCUT2D eigenvalue weighted by Crippen LogP contribution is -2.27. The van der Waals surface area contributed by atoms with Gasteiger partial charge in [-0.1, -0.05) is 0 Å². The van der Waals surface area contributed by atoms with Gasteiger partial charge >= 0.3 is 6.01 Å². The van der Waals surface area contributed by atoms with Gasteiger partial charge in [0.15, 0.2) is 0 Å². The van der Waals surface area contributed by atoms with E-state index in [9.17, 15) is 0 Å². The molecule has 1 aliphatic carbocycles. The minimum atomic E-state index is 0.175. The quantitative estimate of drug-likeness (QED) is 0.820. The van der Waals surface area contributed by atoms with Crippen LogP contribution < -0.4 is 9.64 Å². The minimum Gasteiger partial charge on any atom is -0.464 e. The SMILES string of the molecule is CCOc1nc(Cl)nc(N(Cc2ccsc2)C2CC2)n1. The number of aromatic nitrogens is 3. The van der Waals surface area contributed by atoms with E-state index in [1.165, 1.54) is 5.56 Å². The molecule has 1 aliphatic rings. The van der Waals surface area contributed by atoms with Gasteiger partial charge in [-0.05, 0) is 53.8 Å². The molecular formula is C13H15ClN4OS. The van der Waals surface area contributed by atoms with Crippen molar-refractivity contribution in [3.63, 3.8) is 0 Å². The molecule has 0 radical (unpaired) electrons. The second-order valence-electron chi connectivity index (χ2n) is 4.61. The van der Waals surface area contributed by atoms with E-state index in [-0.39, 0.29) is 5.28 Å². The first kappa shape index (κ1) is 13.6. The van der Waals surface area contributed by atoms with Crippen molar-refractivity contribution in [3.05, 3.63) is 27.7 Å². The smallest absolute Gasteiger partial charge is 0.322 e. The van der Waals surface area contributed by atoms with Crippen LogP contribution in [0, 0.1) is 0 Å². The molecule has 106 valence electrons. The highest BCUT2D eigenvalue weighted by Crippen LogP contribution is 2.32. The van der Waals surface area contributed by atoms with Gasteiger partial charge in [-0.15, -0.1) is 0 Å². The van der Waals surface area contributed by atoms with Gasteiger partial charge < -0.3 is 9.64 Å². The summed E-state index contributed by atoms with van der Waals surface area (Å²) in [5, 5.41) is 4.39. The number of hydrogen-bond donors (Lipinski definition) is 0. The van der Waals surface area contributed by atoms with E-state index in [0.717, 1.165) is 19.4 Å². The Morgan fingerprint density at radius 2 is 2.25 bits per heavy atom. The number of anilines is 1. The first-order chi connectivity index (χ1) is 9.76. The lowest BCUT2D eigenvalue weighted by molar-refractivity contribution is 0.311. The molecule has 0 amide bonds. The van der Waals surface area contributed by atoms with Gasteiger partial charge in [0.25, 0.3) is 0 Å². The largest absolute Gasteiger partial charge is 0.464 e. The Bertz CT molecular complexity index is 574. The van der Waals surface area contributed by atoms with Crippen LogP contribution in [0.5, 0.6) is 6.01 Å². The van der Waals surface area contributed by atoms with Crippen molar-refractivity contribution in [1.82, 2.24) is 15.0 Å². The highest BCUT2D eigenvalue weighted by atomic mass is 35.5. The van der Waals surface area contributed by atoms with E-state index in [1.54, 1.807) is 11.3 Å². The summed E-state index contributed by atoms with van der Waals surface area (Å²) >= 11 is 7.66. The van der Waals surface area contributed by atoms with E-state index >= 15 is 0 Å². The van der Waals surface area contributed by atoms with Crippen LogP contribution in [0.25, 0.3) is 0 Å². The molecule has 0 unspecified atom stereocenters. The normalized spacial score (nSPS) is 14.3. The van der Waals surface area contributed by atoms with Crippen LogP contribution in [-0.2, 0) is 6.54 Å². The zero-order chi connectivity index (χ0) is 13.9. The summed E-state index contributed by atoms with van der Waals surface area (Å²) in [6.07, 6.45) is 2.33. The Hall–Kier alpha value is -1.40. The highest BCUT2D eigenvalue weighted by molar-refractivity contribution is 7.07. The molecule has 5 nitrogen and oxygen atoms in total. The van der Waals surface area contributed by atoms with Crippen LogP contribution in [0.3, 0.4) is 0 Å². The maximum absolute atomic E-state index is 5.97. The van der Waals surface area contributed by atoms with Crippen molar-refractivity contribution in [2.45, 2.75) is 32.4 Å². The second kappa shape index (κ2) is 5.93. The Kier molecular flexibility index (Phi) is 4.03. The van der Waals surface area contributed by atoms with Crippen LogP contribution in [0.15, 0.2) is 16.8 Å². The zero-order valence-corrected chi connectivity index (χ0v) is 12.7. The molecule has 2 aromatic heterocycles. The third kappa shape index (κ3) is 3.19. The van der Waals surface area contributed by atoms with E-state index < -0.39 is 0 Å². The minimum absolute atomic E-state index is 0.175. The molecule has 3 rings (SSSR count). The molecule has 0 aliphatic heterocycles. The molecule has 2 aromatic rings. The van der Waals surface area contributed by atoms with Gasteiger partial charge in [0.2, 0.25) is 11.2 Å². The maximum atomic E-state index is 5.97. The number of nitrogens with zero attached hydrogens (tertiary/aromatic N) is 4. The standard InChI is InChI=1S/C13H15ClN4OS/c1-2-19-13-16-11(14)15-12(17-13)18(10-3-4-10)7-9-5-6-20-8-9/h5-6,8,10H,2-4,7H2,1H3. The van der Waals surface area contributed by atoms with Gasteiger partial charge in [-0.2, -0.15) is 26.3 Å². The van der Waals surface area contributed by atoms with Crippen LogP contribution in [0.2, 0.25) is 5.28 Å². The molecule has 0 bridgehead atoms. The van der Waals surface area contributed by atoms with Crippen molar-refractivity contribution < 1.29 is 4.74 Å². The Morgan fingerprint density at radius 3 is 2.90 bits per heavy atom. The van der Waals surface area contributed by atoms with E-state index in [1.807, 2.05) is 6.92 Å². The first-order valence-corrected chi connectivity index (χ1v) is 7.90. The summed E-state index contributed by atoms with van der Waals surface area (Å²) in [4.78, 5) is 14.8. The van der Waals surface area contributed by atoms with Gasteiger partial charge in [0.1, 0.15) is 0 Å². The average Bonchev–Trinajstić information content (AvgIpc) is 3.12. The maximum Gasteiger partial charge on any atom is 0.322 e. The number of hydrogen-bond acceptors (Lipinski definition) is 6. The number of ether oxygens (including phenoxy) is 1. The van der Waals surface area contributed by atoms with Gasteiger partial charge in [-0.3, -0.25) is 0 Å². The number of rotatable bonds is 6. The fraction of sp³-hybridized carbons (Fsp3) is 0.462. The predicted molar refractivity (Wildman–Crippen MR) is 79.5 cm³/mol. The summed E-state index contributed by atoms with van der Waals surface area (Å²) in [6, 6.07) is 2.90. The fourth-order valence-electron chi connectivity index (χ4n) is 1.97. The lowest BCUT2D eigenvalue weighted by atomic mass is 10.3. The van der Waals surface area contributed by atoms with Crippen molar-refractivity contribution in [1.29, 1.82) is 0 Å². The fourth-order valence-corrected chi connectivity index (χ4v) is 2.78.